The summed E-state index contributed by atoms with van der Waals surface area (Å²) in [6.45, 7) is 0.0505. The van der Waals surface area contributed by atoms with E-state index in [0.717, 1.165) is 23.4 Å². The fraction of sp³-hybridized carbons (Fsp3) is 0.100. The zero-order valence-electron chi connectivity index (χ0n) is 15.3. The third-order valence-electron chi connectivity index (χ3n) is 4.11. The molecule has 0 spiro atoms. The Bertz CT molecular complexity index is 1070. The van der Waals surface area contributed by atoms with Crippen molar-refractivity contribution < 1.29 is 24.6 Å². The molecule has 154 valence electrons. The Balaban J connectivity index is 1.64. The van der Waals surface area contributed by atoms with Crippen LogP contribution in [0.25, 0.3) is 6.08 Å². The van der Waals surface area contributed by atoms with Gasteiger partial charge >= 0.3 is 5.97 Å². The van der Waals surface area contributed by atoms with Crippen molar-refractivity contribution in [2.45, 2.75) is 6.42 Å². The highest BCUT2D eigenvalue weighted by Crippen LogP contribution is 2.33. The van der Waals surface area contributed by atoms with Gasteiger partial charge in [0, 0.05) is 18.0 Å². The van der Waals surface area contributed by atoms with Gasteiger partial charge in [0.05, 0.1) is 16.2 Å². The van der Waals surface area contributed by atoms with E-state index in [1.54, 1.807) is 30.3 Å². The Hall–Kier alpha value is -2.88. The maximum atomic E-state index is 12.6. The highest BCUT2D eigenvalue weighted by atomic mass is 35.5. The predicted molar refractivity (Wildman–Crippen MR) is 120 cm³/mol. The summed E-state index contributed by atoms with van der Waals surface area (Å²) < 4.78 is 0.337. The van der Waals surface area contributed by atoms with Gasteiger partial charge in [-0.1, -0.05) is 47.7 Å². The van der Waals surface area contributed by atoms with Gasteiger partial charge in [-0.25, -0.2) is 4.79 Å². The summed E-state index contributed by atoms with van der Waals surface area (Å²) >= 11 is 12.3. The Labute approximate surface area is 186 Å². The summed E-state index contributed by atoms with van der Waals surface area (Å²) in [4.78, 5) is 37.9. The maximum Gasteiger partial charge on any atom is 0.337 e. The molecule has 0 bridgehead atoms. The summed E-state index contributed by atoms with van der Waals surface area (Å²) in [7, 11) is 0. The van der Waals surface area contributed by atoms with Crippen LogP contribution in [0, 0.1) is 0 Å². The van der Waals surface area contributed by atoms with Gasteiger partial charge in [0.1, 0.15) is 10.1 Å². The fourth-order valence-corrected chi connectivity index (χ4v) is 4.08. The number of hydrogen-bond acceptors (Lipinski definition) is 6. The van der Waals surface area contributed by atoms with Gasteiger partial charge in [0.15, 0.2) is 0 Å². The number of carbonyl (C=O) groups is 3. The number of phenols is 1. The second-order valence-corrected chi connectivity index (χ2v) is 8.33. The number of carbonyl (C=O) groups excluding carboxylic acids is 2. The lowest BCUT2D eigenvalue weighted by molar-refractivity contribution is -0.122. The van der Waals surface area contributed by atoms with Gasteiger partial charge in [-0.15, -0.1) is 0 Å². The number of aromatic hydroxyl groups is 1. The normalized spacial score (nSPS) is 15.0. The molecule has 0 aliphatic carbocycles. The van der Waals surface area contributed by atoms with E-state index in [1.165, 1.54) is 17.0 Å². The molecule has 30 heavy (non-hydrogen) atoms. The number of thioether (sulfide) groups is 1. The summed E-state index contributed by atoms with van der Waals surface area (Å²) in [6.07, 6.45) is 1.62. The molecule has 0 aromatic heterocycles. The average molecular weight is 463 g/mol. The molecule has 1 saturated heterocycles. The van der Waals surface area contributed by atoms with E-state index in [1.807, 2.05) is 0 Å². The van der Waals surface area contributed by atoms with Crippen molar-refractivity contribution >= 4 is 69.4 Å². The van der Waals surface area contributed by atoms with Gasteiger partial charge in [-0.2, -0.15) is 0 Å². The number of phenolic OH excluding ortho intramolecular Hbond substituents is 1. The van der Waals surface area contributed by atoms with Crippen molar-refractivity contribution in [1.82, 2.24) is 4.90 Å². The number of anilines is 1. The van der Waals surface area contributed by atoms with E-state index >= 15 is 0 Å². The SMILES string of the molecule is O=C(CCN1C(=O)/C(=C/c2ccc(Cl)cc2)SC1=S)Nc1ccc(O)cc1C(=O)O. The van der Waals surface area contributed by atoms with Crippen LogP contribution < -0.4 is 5.32 Å². The number of thiocarbonyl (C=S) groups is 1. The zero-order chi connectivity index (χ0) is 21.8. The van der Waals surface area contributed by atoms with Crippen molar-refractivity contribution in [3.05, 3.63) is 63.5 Å². The van der Waals surface area contributed by atoms with Crippen molar-refractivity contribution in [2.24, 2.45) is 0 Å². The lowest BCUT2D eigenvalue weighted by Crippen LogP contribution is -2.31. The van der Waals surface area contributed by atoms with Gasteiger partial charge in [0.2, 0.25) is 5.91 Å². The molecule has 10 heteroatoms. The number of halogens is 1. The average Bonchev–Trinajstić information content (AvgIpc) is 2.96. The number of carboxylic acids is 1. The second-order valence-electron chi connectivity index (χ2n) is 6.22. The first-order chi connectivity index (χ1) is 14.2. The number of benzene rings is 2. The standard InChI is InChI=1S/C20H15ClN2O5S2/c21-12-3-1-11(2-4-12)9-16-18(26)23(20(29)30-16)8-7-17(25)22-15-6-5-13(24)10-14(15)19(27)28/h1-6,9-10,24H,7-8H2,(H,22,25)(H,27,28)/b16-9-. The third-order valence-corrected chi connectivity index (χ3v) is 5.74. The lowest BCUT2D eigenvalue weighted by atomic mass is 10.1. The minimum Gasteiger partial charge on any atom is -0.508 e. The number of amides is 2. The lowest BCUT2D eigenvalue weighted by Gasteiger charge is -2.14. The first-order valence-corrected chi connectivity index (χ1v) is 10.2. The van der Waals surface area contributed by atoms with Crippen LogP contribution in [0.1, 0.15) is 22.3 Å². The molecule has 1 fully saturated rings. The third kappa shape index (κ3) is 5.18. The van der Waals surface area contributed by atoms with Crippen LogP contribution >= 0.6 is 35.6 Å². The molecule has 2 aromatic rings. The van der Waals surface area contributed by atoms with E-state index < -0.39 is 11.9 Å². The summed E-state index contributed by atoms with van der Waals surface area (Å²) in [6, 6.07) is 10.6. The first kappa shape index (κ1) is 21.8. The van der Waals surface area contributed by atoms with Crippen molar-refractivity contribution in [3.8, 4) is 5.75 Å². The van der Waals surface area contributed by atoms with Crippen LogP contribution in [-0.4, -0.2) is 43.8 Å². The van der Waals surface area contributed by atoms with Gasteiger partial charge in [-0.05, 0) is 42.0 Å². The molecule has 7 nitrogen and oxygen atoms in total. The quantitative estimate of drug-likeness (QED) is 0.338. The van der Waals surface area contributed by atoms with Gasteiger partial charge in [-0.3, -0.25) is 14.5 Å². The summed E-state index contributed by atoms with van der Waals surface area (Å²) in [5.74, 6) is -2.30. The summed E-state index contributed by atoms with van der Waals surface area (Å²) in [5, 5.41) is 21.7. The molecule has 3 rings (SSSR count). The molecule has 0 unspecified atom stereocenters. The van der Waals surface area contributed by atoms with Gasteiger partial charge in [0.25, 0.3) is 5.91 Å². The van der Waals surface area contributed by atoms with Crippen molar-refractivity contribution in [1.29, 1.82) is 0 Å². The number of nitrogens with one attached hydrogen (secondary N) is 1. The Morgan fingerprint density at radius 2 is 1.90 bits per heavy atom. The molecular formula is C20H15ClN2O5S2. The van der Waals surface area contributed by atoms with Crippen LogP contribution in [0.4, 0.5) is 5.69 Å². The minimum atomic E-state index is -1.29. The van der Waals surface area contributed by atoms with Crippen LogP contribution in [0.5, 0.6) is 5.75 Å². The molecule has 0 atom stereocenters. The Morgan fingerprint density at radius 3 is 2.57 bits per heavy atom. The largest absolute Gasteiger partial charge is 0.508 e. The van der Waals surface area contributed by atoms with Crippen LogP contribution in [0.3, 0.4) is 0 Å². The van der Waals surface area contributed by atoms with E-state index in [2.05, 4.69) is 5.32 Å². The predicted octanol–water partition coefficient (Wildman–Crippen LogP) is 3.97. The molecule has 1 heterocycles. The smallest absolute Gasteiger partial charge is 0.337 e. The zero-order valence-corrected chi connectivity index (χ0v) is 17.7. The molecular weight excluding hydrogens is 448 g/mol. The minimum absolute atomic E-state index is 0.0505. The number of carboxylic acid groups (broad SMARTS) is 1. The topological polar surface area (TPSA) is 107 Å². The molecule has 2 aromatic carbocycles. The van der Waals surface area contributed by atoms with Crippen LogP contribution in [0.2, 0.25) is 5.02 Å². The van der Waals surface area contributed by atoms with Crippen molar-refractivity contribution in [3.63, 3.8) is 0 Å². The highest BCUT2D eigenvalue weighted by molar-refractivity contribution is 8.26. The second kappa shape index (κ2) is 9.29. The summed E-state index contributed by atoms with van der Waals surface area (Å²) in [5.41, 5.74) is 0.615. The van der Waals surface area contributed by atoms with E-state index in [4.69, 9.17) is 23.8 Å². The van der Waals surface area contributed by atoms with Crippen LogP contribution in [-0.2, 0) is 9.59 Å². The molecule has 0 saturated carbocycles. The number of aromatic carboxylic acids is 1. The van der Waals surface area contributed by atoms with E-state index in [9.17, 15) is 24.6 Å². The maximum absolute atomic E-state index is 12.6. The van der Waals surface area contributed by atoms with E-state index in [0.29, 0.717) is 14.2 Å². The van der Waals surface area contributed by atoms with E-state index in [-0.39, 0.29) is 35.9 Å². The molecule has 0 radical (unpaired) electrons. The highest BCUT2D eigenvalue weighted by Gasteiger charge is 2.32. The number of rotatable bonds is 6. The number of nitrogens with zero attached hydrogens (tertiary/aromatic N) is 1. The van der Waals surface area contributed by atoms with Crippen LogP contribution in [0.15, 0.2) is 47.4 Å². The molecule has 3 N–H and O–H groups in total. The Kier molecular flexibility index (Phi) is 6.76. The van der Waals surface area contributed by atoms with Gasteiger partial charge < -0.3 is 15.5 Å². The monoisotopic (exact) mass is 462 g/mol. The Morgan fingerprint density at radius 1 is 1.20 bits per heavy atom. The van der Waals surface area contributed by atoms with Crippen molar-refractivity contribution in [2.75, 3.05) is 11.9 Å². The molecule has 2 amide bonds. The fourth-order valence-electron chi connectivity index (χ4n) is 2.65. The first-order valence-electron chi connectivity index (χ1n) is 8.61. The number of hydrogen-bond donors (Lipinski definition) is 3. The molecule has 1 aliphatic rings. The molecule has 1 aliphatic heterocycles.